The molecule has 5 heteroatoms. The van der Waals surface area contributed by atoms with Crippen LogP contribution in [0, 0.1) is 19.8 Å². The van der Waals surface area contributed by atoms with E-state index in [-0.39, 0.29) is 11.8 Å². The summed E-state index contributed by atoms with van der Waals surface area (Å²) >= 11 is 0. The zero-order valence-corrected chi connectivity index (χ0v) is 16.1. The summed E-state index contributed by atoms with van der Waals surface area (Å²) in [5.74, 6) is 0.146. The van der Waals surface area contributed by atoms with Gasteiger partial charge in [-0.3, -0.25) is 9.59 Å². The highest BCUT2D eigenvalue weighted by Gasteiger charge is 2.11. The number of benzene rings is 2. The van der Waals surface area contributed by atoms with Gasteiger partial charge in [0.05, 0.1) is 0 Å². The van der Waals surface area contributed by atoms with Gasteiger partial charge in [-0.25, -0.2) is 0 Å². The Kier molecular flexibility index (Phi) is 5.31. The highest BCUT2D eigenvalue weighted by Crippen LogP contribution is 2.23. The van der Waals surface area contributed by atoms with E-state index in [0.717, 1.165) is 27.8 Å². The maximum Gasteiger partial charge on any atom is 0.255 e. The third kappa shape index (κ3) is 4.37. The van der Waals surface area contributed by atoms with E-state index < -0.39 is 0 Å². The Morgan fingerprint density at radius 3 is 2.22 bits per heavy atom. The number of carbonyl (C=O) groups excluding carboxylic acids is 2. The molecule has 0 saturated carbocycles. The fraction of sp³-hybridized carbons (Fsp3) is 0.273. The lowest BCUT2D eigenvalue weighted by atomic mass is 10.1. The molecule has 0 unspecified atom stereocenters. The molecule has 0 atom stereocenters. The predicted molar refractivity (Wildman–Crippen MR) is 110 cm³/mol. The summed E-state index contributed by atoms with van der Waals surface area (Å²) in [4.78, 5) is 27.7. The molecule has 2 amide bonds. The van der Waals surface area contributed by atoms with E-state index in [9.17, 15) is 9.59 Å². The summed E-state index contributed by atoms with van der Waals surface area (Å²) in [7, 11) is 0. The van der Waals surface area contributed by atoms with E-state index in [2.05, 4.69) is 15.6 Å². The molecule has 27 heavy (non-hydrogen) atoms. The summed E-state index contributed by atoms with van der Waals surface area (Å²) in [6.07, 6.45) is 0.485. The molecule has 5 nitrogen and oxygen atoms in total. The number of rotatable bonds is 5. The van der Waals surface area contributed by atoms with E-state index >= 15 is 0 Å². The average Bonchev–Trinajstić information content (AvgIpc) is 2.90. The smallest absolute Gasteiger partial charge is 0.255 e. The number of carbonyl (C=O) groups is 2. The summed E-state index contributed by atoms with van der Waals surface area (Å²) in [5.41, 5.74) is 5.31. The van der Waals surface area contributed by atoms with Crippen molar-refractivity contribution in [3.63, 3.8) is 0 Å². The molecular weight excluding hydrogens is 338 g/mol. The van der Waals surface area contributed by atoms with Gasteiger partial charge in [-0.15, -0.1) is 0 Å². The van der Waals surface area contributed by atoms with Crippen LogP contribution in [0.25, 0.3) is 10.9 Å². The Bertz CT molecular complexity index is 985. The second kappa shape index (κ2) is 7.66. The molecule has 0 saturated heterocycles. The number of hydrogen-bond acceptors (Lipinski definition) is 2. The van der Waals surface area contributed by atoms with Gasteiger partial charge in [0.25, 0.3) is 5.91 Å². The lowest BCUT2D eigenvalue weighted by Crippen LogP contribution is -2.14. The standard InChI is InChI=1S/C22H25N3O2/c1-13(2)11-21(26)24-17-6-8-18(9-7-17)25-22(27)16-5-10-20-19(12-16)14(3)15(4)23-20/h5-10,12-13,23H,11H2,1-4H3,(H,24,26)(H,25,27). The zero-order chi connectivity index (χ0) is 19.6. The highest BCUT2D eigenvalue weighted by molar-refractivity contribution is 6.06. The van der Waals surface area contributed by atoms with Gasteiger partial charge in [0.2, 0.25) is 5.91 Å². The average molecular weight is 363 g/mol. The zero-order valence-electron chi connectivity index (χ0n) is 16.1. The molecule has 0 aliphatic heterocycles. The number of H-pyrrole nitrogens is 1. The molecule has 0 radical (unpaired) electrons. The first-order valence-electron chi connectivity index (χ1n) is 9.13. The second-order valence-corrected chi connectivity index (χ2v) is 7.31. The molecule has 1 aromatic heterocycles. The van der Waals surface area contributed by atoms with Crippen molar-refractivity contribution in [1.29, 1.82) is 0 Å². The number of aryl methyl sites for hydroxylation is 2. The molecule has 0 aliphatic rings. The topological polar surface area (TPSA) is 74.0 Å². The summed E-state index contributed by atoms with van der Waals surface area (Å²) in [6.45, 7) is 8.08. The molecule has 3 N–H and O–H groups in total. The Hall–Kier alpha value is -3.08. The van der Waals surface area contributed by atoms with Gasteiger partial charge in [0.15, 0.2) is 0 Å². The highest BCUT2D eigenvalue weighted by atomic mass is 16.2. The number of nitrogens with one attached hydrogen (secondary N) is 3. The normalized spacial score (nSPS) is 11.0. The number of fused-ring (bicyclic) bond motifs is 1. The van der Waals surface area contributed by atoms with Crippen molar-refractivity contribution in [2.45, 2.75) is 34.1 Å². The number of amides is 2. The molecule has 140 valence electrons. The van der Waals surface area contributed by atoms with Gasteiger partial charge in [-0.1, -0.05) is 13.8 Å². The Labute approximate surface area is 159 Å². The van der Waals surface area contributed by atoms with Gasteiger partial charge >= 0.3 is 0 Å². The molecule has 3 aromatic rings. The van der Waals surface area contributed by atoms with Crippen molar-refractivity contribution in [2.24, 2.45) is 5.92 Å². The van der Waals surface area contributed by atoms with Crippen LogP contribution in [-0.4, -0.2) is 16.8 Å². The van der Waals surface area contributed by atoms with Crippen LogP contribution in [0.15, 0.2) is 42.5 Å². The van der Waals surface area contributed by atoms with Crippen LogP contribution in [0.3, 0.4) is 0 Å². The first-order chi connectivity index (χ1) is 12.8. The SMILES string of the molecule is Cc1[nH]c2ccc(C(=O)Nc3ccc(NC(=O)CC(C)C)cc3)cc2c1C. The van der Waals surface area contributed by atoms with Gasteiger partial charge in [0.1, 0.15) is 0 Å². The van der Waals surface area contributed by atoms with Crippen LogP contribution >= 0.6 is 0 Å². The molecule has 0 aliphatic carbocycles. The minimum absolute atomic E-state index is 0.00717. The maximum absolute atomic E-state index is 12.6. The first kappa shape index (κ1) is 18.7. The van der Waals surface area contributed by atoms with Gasteiger partial charge in [-0.2, -0.15) is 0 Å². The van der Waals surface area contributed by atoms with E-state index in [1.807, 2.05) is 45.9 Å². The maximum atomic E-state index is 12.6. The quantitative estimate of drug-likeness (QED) is 0.595. The lowest BCUT2D eigenvalue weighted by Gasteiger charge is -2.09. The van der Waals surface area contributed by atoms with E-state index in [0.29, 0.717) is 23.6 Å². The van der Waals surface area contributed by atoms with Crippen molar-refractivity contribution in [1.82, 2.24) is 4.98 Å². The molecule has 0 bridgehead atoms. The first-order valence-corrected chi connectivity index (χ1v) is 9.13. The van der Waals surface area contributed by atoms with Crippen LogP contribution in [0.1, 0.15) is 41.9 Å². The number of aromatic nitrogens is 1. The number of hydrogen-bond donors (Lipinski definition) is 3. The van der Waals surface area contributed by atoms with Crippen LogP contribution in [0.2, 0.25) is 0 Å². The fourth-order valence-corrected chi connectivity index (χ4v) is 3.03. The van der Waals surface area contributed by atoms with Crippen LogP contribution in [0.5, 0.6) is 0 Å². The molecule has 3 rings (SSSR count). The largest absolute Gasteiger partial charge is 0.358 e. The van der Waals surface area contributed by atoms with Gasteiger partial charge in [0, 0.05) is 40.0 Å². The molecular formula is C22H25N3O2. The number of aromatic amines is 1. The Balaban J connectivity index is 1.69. The minimum Gasteiger partial charge on any atom is -0.358 e. The van der Waals surface area contributed by atoms with Crippen molar-refractivity contribution >= 4 is 34.1 Å². The van der Waals surface area contributed by atoms with E-state index in [4.69, 9.17) is 0 Å². The van der Waals surface area contributed by atoms with Crippen molar-refractivity contribution in [3.05, 3.63) is 59.3 Å². The summed E-state index contributed by atoms with van der Waals surface area (Å²) < 4.78 is 0. The van der Waals surface area contributed by atoms with Gasteiger partial charge < -0.3 is 15.6 Å². The minimum atomic E-state index is -0.160. The van der Waals surface area contributed by atoms with Crippen LogP contribution < -0.4 is 10.6 Å². The Morgan fingerprint density at radius 1 is 0.963 bits per heavy atom. The summed E-state index contributed by atoms with van der Waals surface area (Å²) in [5, 5.41) is 6.82. The third-order valence-electron chi connectivity index (χ3n) is 4.59. The molecule has 2 aromatic carbocycles. The van der Waals surface area contributed by atoms with Crippen molar-refractivity contribution in [3.8, 4) is 0 Å². The van der Waals surface area contributed by atoms with Crippen molar-refractivity contribution in [2.75, 3.05) is 10.6 Å². The van der Waals surface area contributed by atoms with E-state index in [1.54, 1.807) is 24.3 Å². The number of anilines is 2. The van der Waals surface area contributed by atoms with E-state index in [1.165, 1.54) is 0 Å². The lowest BCUT2D eigenvalue weighted by molar-refractivity contribution is -0.116. The second-order valence-electron chi connectivity index (χ2n) is 7.31. The predicted octanol–water partition coefficient (Wildman–Crippen LogP) is 5.02. The Morgan fingerprint density at radius 2 is 1.59 bits per heavy atom. The third-order valence-corrected chi connectivity index (χ3v) is 4.59. The van der Waals surface area contributed by atoms with Crippen LogP contribution in [0.4, 0.5) is 11.4 Å². The summed E-state index contributed by atoms with van der Waals surface area (Å²) in [6, 6.07) is 12.8. The van der Waals surface area contributed by atoms with Crippen LogP contribution in [-0.2, 0) is 4.79 Å². The monoisotopic (exact) mass is 363 g/mol. The molecule has 1 heterocycles. The molecule has 0 fully saturated rings. The van der Waals surface area contributed by atoms with Gasteiger partial charge in [-0.05, 0) is 67.8 Å². The molecule has 0 spiro atoms. The fourth-order valence-electron chi connectivity index (χ4n) is 3.03. The van der Waals surface area contributed by atoms with Crippen molar-refractivity contribution < 1.29 is 9.59 Å².